The fourth-order valence-corrected chi connectivity index (χ4v) is 2.90. The molecule has 2 N–H and O–H groups in total. The molecule has 0 aliphatic carbocycles. The van der Waals surface area contributed by atoms with Crippen molar-refractivity contribution < 1.29 is 19.1 Å². The van der Waals surface area contributed by atoms with Crippen LogP contribution >= 0.6 is 11.3 Å². The van der Waals surface area contributed by atoms with Crippen molar-refractivity contribution in [2.24, 2.45) is 0 Å². The van der Waals surface area contributed by atoms with Crippen molar-refractivity contribution in [3.8, 4) is 0 Å². The molecule has 7 heteroatoms. The molecule has 1 aromatic heterocycles. The normalized spacial score (nSPS) is 11.5. The van der Waals surface area contributed by atoms with Crippen LogP contribution in [0.1, 0.15) is 37.4 Å². The van der Waals surface area contributed by atoms with Gasteiger partial charge >= 0.3 is 5.97 Å². The molecule has 0 radical (unpaired) electrons. The summed E-state index contributed by atoms with van der Waals surface area (Å²) in [7, 11) is 0. The van der Waals surface area contributed by atoms with Gasteiger partial charge in [0.25, 0.3) is 11.8 Å². The lowest BCUT2D eigenvalue weighted by Crippen LogP contribution is -2.46. The number of rotatable bonds is 4. The predicted octanol–water partition coefficient (Wildman–Crippen LogP) is 2.37. The Labute approximate surface area is 143 Å². The summed E-state index contributed by atoms with van der Waals surface area (Å²) in [4.78, 5) is 37.7. The van der Waals surface area contributed by atoms with Crippen LogP contribution in [-0.4, -0.2) is 23.9 Å². The number of thiophene rings is 1. The highest BCUT2D eigenvalue weighted by Crippen LogP contribution is 2.21. The fraction of sp³-hybridized carbons (Fsp3) is 0.235. The molecule has 2 aromatic rings. The molecule has 1 heterocycles. The number of nitrogens with one attached hydrogen (secondary N) is 2. The van der Waals surface area contributed by atoms with Crippen LogP contribution in [0, 0.1) is 13.8 Å². The van der Waals surface area contributed by atoms with Gasteiger partial charge in [0, 0.05) is 15.3 Å². The molecule has 0 unspecified atom stereocenters. The monoisotopic (exact) mass is 346 g/mol. The average Bonchev–Trinajstić information content (AvgIpc) is 2.91. The van der Waals surface area contributed by atoms with E-state index in [2.05, 4.69) is 10.9 Å². The third-order valence-electron chi connectivity index (χ3n) is 3.25. The number of hydrazine groups is 1. The fourth-order valence-electron chi connectivity index (χ4n) is 1.99. The first-order valence-corrected chi connectivity index (χ1v) is 8.13. The number of carbonyl (C=O) groups excluding carboxylic acids is 3. The largest absolute Gasteiger partial charge is 0.449 e. The van der Waals surface area contributed by atoms with Crippen LogP contribution < -0.4 is 10.9 Å². The van der Waals surface area contributed by atoms with Gasteiger partial charge in [-0.05, 0) is 39.0 Å². The predicted molar refractivity (Wildman–Crippen MR) is 90.7 cm³/mol. The van der Waals surface area contributed by atoms with Gasteiger partial charge in [0.2, 0.25) is 0 Å². The summed E-state index contributed by atoms with van der Waals surface area (Å²) in [6.45, 7) is 5.15. The molecule has 0 aliphatic rings. The smallest absolute Gasteiger partial charge is 0.340 e. The molecule has 1 aromatic carbocycles. The zero-order chi connectivity index (χ0) is 17.7. The summed E-state index contributed by atoms with van der Waals surface area (Å²) in [6, 6.07) is 10.2. The molecule has 0 saturated heterocycles. The maximum Gasteiger partial charge on any atom is 0.340 e. The van der Waals surface area contributed by atoms with E-state index in [0.29, 0.717) is 11.1 Å². The van der Waals surface area contributed by atoms with Crippen molar-refractivity contribution in [2.75, 3.05) is 0 Å². The topological polar surface area (TPSA) is 84.5 Å². The van der Waals surface area contributed by atoms with E-state index in [1.54, 1.807) is 36.4 Å². The van der Waals surface area contributed by atoms with Crippen molar-refractivity contribution in [3.05, 3.63) is 57.3 Å². The molecule has 0 saturated carbocycles. The van der Waals surface area contributed by atoms with Crippen LogP contribution in [0.2, 0.25) is 0 Å². The van der Waals surface area contributed by atoms with Gasteiger partial charge in [0.05, 0.1) is 5.56 Å². The van der Waals surface area contributed by atoms with Crippen molar-refractivity contribution >= 4 is 29.1 Å². The Hall–Kier alpha value is -2.67. The van der Waals surface area contributed by atoms with Gasteiger partial charge in [-0.25, -0.2) is 4.79 Å². The van der Waals surface area contributed by atoms with Crippen molar-refractivity contribution in [3.63, 3.8) is 0 Å². The third-order valence-corrected chi connectivity index (χ3v) is 4.22. The molecule has 126 valence electrons. The van der Waals surface area contributed by atoms with E-state index in [0.717, 1.165) is 9.75 Å². The maximum atomic E-state index is 12.1. The number of ether oxygens (including phenoxy) is 1. The molecule has 2 amide bonds. The minimum Gasteiger partial charge on any atom is -0.449 e. The number of hydrogen-bond donors (Lipinski definition) is 2. The number of hydrogen-bond acceptors (Lipinski definition) is 5. The quantitative estimate of drug-likeness (QED) is 0.657. The Morgan fingerprint density at radius 1 is 1.08 bits per heavy atom. The van der Waals surface area contributed by atoms with E-state index >= 15 is 0 Å². The lowest BCUT2D eigenvalue weighted by molar-refractivity contribution is -0.129. The van der Waals surface area contributed by atoms with Gasteiger partial charge in [-0.3, -0.25) is 20.4 Å². The summed E-state index contributed by atoms with van der Waals surface area (Å²) in [5, 5.41) is 0. The van der Waals surface area contributed by atoms with E-state index in [4.69, 9.17) is 4.74 Å². The lowest BCUT2D eigenvalue weighted by Gasteiger charge is -2.14. The molecule has 24 heavy (non-hydrogen) atoms. The molecular weight excluding hydrogens is 328 g/mol. The van der Waals surface area contributed by atoms with Gasteiger partial charge in [-0.1, -0.05) is 18.2 Å². The highest BCUT2D eigenvalue weighted by atomic mass is 32.1. The molecule has 2 rings (SSSR count). The molecule has 6 nitrogen and oxygen atoms in total. The summed E-state index contributed by atoms with van der Waals surface area (Å²) >= 11 is 1.49. The Bertz CT molecular complexity index is 755. The first kappa shape index (κ1) is 17.7. The van der Waals surface area contributed by atoms with Crippen molar-refractivity contribution in [1.82, 2.24) is 10.9 Å². The molecule has 1 atom stereocenters. The zero-order valence-electron chi connectivity index (χ0n) is 13.6. The lowest BCUT2D eigenvalue weighted by atomic mass is 10.2. The number of benzene rings is 1. The summed E-state index contributed by atoms with van der Waals surface area (Å²) in [5.74, 6) is -1.63. The highest BCUT2D eigenvalue weighted by Gasteiger charge is 2.21. The average molecular weight is 346 g/mol. The van der Waals surface area contributed by atoms with E-state index < -0.39 is 23.9 Å². The van der Waals surface area contributed by atoms with Crippen molar-refractivity contribution in [1.29, 1.82) is 0 Å². The second-order valence-corrected chi connectivity index (χ2v) is 6.64. The zero-order valence-corrected chi connectivity index (χ0v) is 14.4. The third kappa shape index (κ3) is 4.42. The van der Waals surface area contributed by atoms with Crippen LogP contribution in [0.25, 0.3) is 0 Å². The van der Waals surface area contributed by atoms with Crippen molar-refractivity contribution in [2.45, 2.75) is 26.9 Å². The van der Waals surface area contributed by atoms with Gasteiger partial charge in [-0.2, -0.15) is 0 Å². The van der Waals surface area contributed by atoms with Crippen LogP contribution in [0.3, 0.4) is 0 Å². The second kappa shape index (κ2) is 7.74. The molecule has 0 fully saturated rings. The summed E-state index contributed by atoms with van der Waals surface area (Å²) in [6.07, 6.45) is -1.03. The number of esters is 1. The van der Waals surface area contributed by atoms with Crippen LogP contribution in [0.15, 0.2) is 36.4 Å². The Kier molecular flexibility index (Phi) is 5.70. The van der Waals surface area contributed by atoms with Gasteiger partial charge in [0.1, 0.15) is 0 Å². The van der Waals surface area contributed by atoms with E-state index in [9.17, 15) is 14.4 Å². The SMILES string of the molecule is Cc1cc(C(=O)O[C@@H](C)C(=O)NNC(=O)c2ccccc2)c(C)s1. The summed E-state index contributed by atoms with van der Waals surface area (Å²) < 4.78 is 5.13. The maximum absolute atomic E-state index is 12.1. The summed E-state index contributed by atoms with van der Waals surface area (Å²) in [5.41, 5.74) is 5.38. The van der Waals surface area contributed by atoms with Gasteiger partial charge in [-0.15, -0.1) is 11.3 Å². The Morgan fingerprint density at radius 2 is 1.75 bits per heavy atom. The van der Waals surface area contributed by atoms with Crippen LogP contribution in [0.4, 0.5) is 0 Å². The first-order valence-electron chi connectivity index (χ1n) is 7.31. The number of aryl methyl sites for hydroxylation is 2. The number of amides is 2. The van der Waals surface area contributed by atoms with Gasteiger partial charge in [0.15, 0.2) is 6.10 Å². The highest BCUT2D eigenvalue weighted by molar-refractivity contribution is 7.12. The minimum absolute atomic E-state index is 0.409. The Morgan fingerprint density at radius 3 is 2.33 bits per heavy atom. The molecular formula is C17H18N2O4S. The number of carbonyl (C=O) groups is 3. The van der Waals surface area contributed by atoms with Crippen LogP contribution in [0.5, 0.6) is 0 Å². The standard InChI is InChI=1S/C17H18N2O4S/c1-10-9-14(12(3)24-10)17(22)23-11(2)15(20)18-19-16(21)13-7-5-4-6-8-13/h4-9,11H,1-3H3,(H,18,20)(H,19,21)/t11-/m0/s1. The molecule has 0 spiro atoms. The Balaban J connectivity index is 1.87. The van der Waals surface area contributed by atoms with E-state index in [-0.39, 0.29) is 0 Å². The minimum atomic E-state index is -1.03. The second-order valence-electron chi connectivity index (χ2n) is 5.18. The molecule has 0 bridgehead atoms. The first-order chi connectivity index (χ1) is 11.4. The molecule has 0 aliphatic heterocycles. The van der Waals surface area contributed by atoms with E-state index in [1.807, 2.05) is 13.8 Å². The van der Waals surface area contributed by atoms with Crippen LogP contribution in [-0.2, 0) is 9.53 Å². The van der Waals surface area contributed by atoms with Gasteiger partial charge < -0.3 is 4.74 Å². The van der Waals surface area contributed by atoms with E-state index in [1.165, 1.54) is 18.3 Å².